The fraction of sp³-hybridized carbons (Fsp3) is 0.550. The summed E-state index contributed by atoms with van der Waals surface area (Å²) in [5.41, 5.74) is 1.21. The molecule has 0 N–H and O–H groups in total. The molecule has 1 saturated heterocycles. The van der Waals surface area contributed by atoms with Gasteiger partial charge in [0.1, 0.15) is 5.75 Å². The van der Waals surface area contributed by atoms with Crippen LogP contribution < -0.4 is 4.74 Å². The van der Waals surface area contributed by atoms with E-state index in [4.69, 9.17) is 4.74 Å². The Kier molecular flexibility index (Phi) is 4.86. The normalized spacial score (nSPS) is 25.9. The minimum Gasteiger partial charge on any atom is -0.497 e. The van der Waals surface area contributed by atoms with Gasteiger partial charge in [0.05, 0.1) is 19.0 Å². The minimum atomic E-state index is -0.0401. The molecule has 0 radical (unpaired) electrons. The fourth-order valence-electron chi connectivity index (χ4n) is 3.97. The molecule has 0 bridgehead atoms. The van der Waals surface area contributed by atoms with Gasteiger partial charge in [0.15, 0.2) is 5.69 Å². The molecule has 144 valence electrons. The first-order chi connectivity index (χ1) is 13.0. The van der Waals surface area contributed by atoms with Crippen LogP contribution in [-0.2, 0) is 0 Å². The number of ether oxygens (including phenoxy) is 1. The van der Waals surface area contributed by atoms with Gasteiger partial charge in [-0.25, -0.2) is 4.68 Å². The van der Waals surface area contributed by atoms with Crippen molar-refractivity contribution in [2.45, 2.75) is 26.3 Å². The second-order valence-electron chi connectivity index (χ2n) is 7.88. The summed E-state index contributed by atoms with van der Waals surface area (Å²) in [7, 11) is 1.63. The molecule has 7 nitrogen and oxygen atoms in total. The molecule has 0 spiro atoms. The van der Waals surface area contributed by atoms with Crippen molar-refractivity contribution in [1.29, 1.82) is 0 Å². The van der Waals surface area contributed by atoms with Crippen LogP contribution in [0.3, 0.4) is 0 Å². The zero-order valence-electron chi connectivity index (χ0n) is 16.2. The van der Waals surface area contributed by atoms with E-state index in [9.17, 15) is 4.79 Å². The van der Waals surface area contributed by atoms with Crippen molar-refractivity contribution in [3.05, 3.63) is 36.2 Å². The van der Waals surface area contributed by atoms with Crippen LogP contribution in [0.4, 0.5) is 0 Å². The maximum absolute atomic E-state index is 13.0. The average molecular weight is 369 g/mol. The molecule has 2 aliphatic rings. The highest BCUT2D eigenvalue weighted by Gasteiger charge is 2.39. The maximum Gasteiger partial charge on any atom is 0.276 e. The number of methoxy groups -OCH3 is 1. The molecule has 27 heavy (non-hydrogen) atoms. The lowest BCUT2D eigenvalue weighted by Crippen LogP contribution is -2.36. The zero-order valence-corrected chi connectivity index (χ0v) is 16.2. The Morgan fingerprint density at radius 1 is 1.22 bits per heavy atom. The van der Waals surface area contributed by atoms with Crippen molar-refractivity contribution in [1.82, 2.24) is 24.8 Å². The number of amides is 1. The number of hydrogen-bond acceptors (Lipinski definition) is 5. The van der Waals surface area contributed by atoms with E-state index in [1.807, 2.05) is 29.2 Å². The van der Waals surface area contributed by atoms with Crippen molar-refractivity contribution in [2.24, 2.45) is 11.8 Å². The van der Waals surface area contributed by atoms with E-state index in [0.29, 0.717) is 17.7 Å². The SMILES string of the molecule is COc1cccc(-n2cc(C(=O)N3CCN(C4CC4C)CC(C)C3)nn2)c1. The van der Waals surface area contributed by atoms with Crippen molar-refractivity contribution >= 4 is 5.91 Å². The Hall–Kier alpha value is -2.41. The minimum absolute atomic E-state index is 0.0401. The molecule has 2 aromatic rings. The first kappa shape index (κ1) is 18.0. The van der Waals surface area contributed by atoms with Crippen LogP contribution in [0.25, 0.3) is 5.69 Å². The van der Waals surface area contributed by atoms with Gasteiger partial charge in [-0.1, -0.05) is 25.1 Å². The third-order valence-electron chi connectivity index (χ3n) is 5.59. The van der Waals surface area contributed by atoms with Gasteiger partial charge >= 0.3 is 0 Å². The third-order valence-corrected chi connectivity index (χ3v) is 5.59. The lowest BCUT2D eigenvalue weighted by molar-refractivity contribution is 0.0742. The summed E-state index contributed by atoms with van der Waals surface area (Å²) in [6, 6.07) is 8.25. The molecule has 1 aromatic heterocycles. The van der Waals surface area contributed by atoms with E-state index < -0.39 is 0 Å². The molecule has 1 aromatic carbocycles. The van der Waals surface area contributed by atoms with Gasteiger partial charge in [-0.05, 0) is 30.4 Å². The lowest BCUT2D eigenvalue weighted by atomic mass is 10.1. The van der Waals surface area contributed by atoms with Crippen LogP contribution in [0.5, 0.6) is 5.75 Å². The first-order valence-electron chi connectivity index (χ1n) is 9.65. The molecule has 3 unspecified atom stereocenters. The van der Waals surface area contributed by atoms with Crippen molar-refractivity contribution in [3.63, 3.8) is 0 Å². The summed E-state index contributed by atoms with van der Waals surface area (Å²) in [5, 5.41) is 8.26. The van der Waals surface area contributed by atoms with Crippen LogP contribution in [0.15, 0.2) is 30.5 Å². The zero-order chi connectivity index (χ0) is 19.0. The maximum atomic E-state index is 13.0. The van der Waals surface area contributed by atoms with E-state index in [2.05, 4.69) is 29.1 Å². The second-order valence-corrected chi connectivity index (χ2v) is 7.88. The predicted molar refractivity (Wildman–Crippen MR) is 102 cm³/mol. The van der Waals surface area contributed by atoms with Crippen molar-refractivity contribution < 1.29 is 9.53 Å². The van der Waals surface area contributed by atoms with E-state index in [1.165, 1.54) is 6.42 Å². The van der Waals surface area contributed by atoms with Crippen LogP contribution in [0.1, 0.15) is 30.8 Å². The standard InChI is InChI=1S/C20H27N5O2/c1-14-11-23(19-9-15(19)2)7-8-24(12-14)20(26)18-13-25(22-21-18)16-5-4-6-17(10-16)27-3/h4-6,10,13-15,19H,7-9,11-12H2,1-3H3. The van der Waals surface area contributed by atoms with E-state index in [0.717, 1.165) is 43.5 Å². The molecule has 1 aliphatic heterocycles. The molecule has 1 amide bonds. The Morgan fingerprint density at radius 2 is 2.04 bits per heavy atom. The number of benzene rings is 1. The molecule has 7 heteroatoms. The molecule has 1 aliphatic carbocycles. The number of rotatable bonds is 4. The lowest BCUT2D eigenvalue weighted by Gasteiger charge is -2.21. The summed E-state index contributed by atoms with van der Waals surface area (Å²) in [4.78, 5) is 17.5. The van der Waals surface area contributed by atoms with Crippen molar-refractivity contribution in [3.8, 4) is 11.4 Å². The highest BCUT2D eigenvalue weighted by molar-refractivity contribution is 5.92. The Bertz CT molecular complexity index is 820. The number of hydrogen-bond donors (Lipinski definition) is 0. The molecule has 2 heterocycles. The van der Waals surface area contributed by atoms with Crippen LogP contribution in [0.2, 0.25) is 0 Å². The molecular weight excluding hydrogens is 342 g/mol. The van der Waals surface area contributed by atoms with Crippen LogP contribution >= 0.6 is 0 Å². The van der Waals surface area contributed by atoms with Gasteiger partial charge in [-0.3, -0.25) is 9.69 Å². The van der Waals surface area contributed by atoms with E-state index in [-0.39, 0.29) is 5.91 Å². The molecular formula is C20H27N5O2. The molecule has 3 atom stereocenters. The number of carbonyl (C=O) groups excluding carboxylic acids is 1. The number of nitrogens with zero attached hydrogens (tertiary/aromatic N) is 5. The van der Waals surface area contributed by atoms with E-state index in [1.54, 1.807) is 18.0 Å². The Labute approximate surface area is 159 Å². The van der Waals surface area contributed by atoms with Crippen LogP contribution in [-0.4, -0.2) is 70.0 Å². The summed E-state index contributed by atoms with van der Waals surface area (Å²) < 4.78 is 6.87. The first-order valence-corrected chi connectivity index (χ1v) is 9.65. The third kappa shape index (κ3) is 3.83. The quantitative estimate of drug-likeness (QED) is 0.826. The Morgan fingerprint density at radius 3 is 2.78 bits per heavy atom. The van der Waals surface area contributed by atoms with Gasteiger partial charge in [0.2, 0.25) is 0 Å². The summed E-state index contributed by atoms with van der Waals surface area (Å²) in [6.07, 6.45) is 2.99. The van der Waals surface area contributed by atoms with E-state index >= 15 is 0 Å². The average Bonchev–Trinajstić information content (AvgIpc) is 3.25. The summed E-state index contributed by atoms with van der Waals surface area (Å²) >= 11 is 0. The molecule has 1 saturated carbocycles. The van der Waals surface area contributed by atoms with Gasteiger partial charge in [-0.15, -0.1) is 5.10 Å². The highest BCUT2D eigenvalue weighted by atomic mass is 16.5. The summed E-state index contributed by atoms with van der Waals surface area (Å²) in [6.45, 7) is 8.05. The van der Waals surface area contributed by atoms with Crippen molar-refractivity contribution in [2.75, 3.05) is 33.3 Å². The number of aromatic nitrogens is 3. The van der Waals surface area contributed by atoms with Gasteiger partial charge in [0.25, 0.3) is 5.91 Å². The summed E-state index contributed by atoms with van der Waals surface area (Å²) in [5.74, 6) is 1.95. The van der Waals surface area contributed by atoms with Gasteiger partial charge in [-0.2, -0.15) is 0 Å². The Balaban J connectivity index is 1.47. The van der Waals surface area contributed by atoms with Gasteiger partial charge < -0.3 is 9.64 Å². The predicted octanol–water partition coefficient (Wildman–Crippen LogP) is 2.08. The van der Waals surface area contributed by atoms with Crippen LogP contribution in [0, 0.1) is 11.8 Å². The topological polar surface area (TPSA) is 63.5 Å². The highest BCUT2D eigenvalue weighted by Crippen LogP contribution is 2.35. The smallest absolute Gasteiger partial charge is 0.276 e. The van der Waals surface area contributed by atoms with Gasteiger partial charge in [0, 0.05) is 38.3 Å². The molecule has 2 fully saturated rings. The number of carbonyl (C=O) groups is 1. The fourth-order valence-corrected chi connectivity index (χ4v) is 3.97. The molecule has 4 rings (SSSR count). The second kappa shape index (κ2) is 7.31. The monoisotopic (exact) mass is 369 g/mol. The largest absolute Gasteiger partial charge is 0.497 e.